The molecule has 1 heterocycles. The van der Waals surface area contributed by atoms with Gasteiger partial charge in [0.05, 0.1) is 0 Å². The van der Waals surface area contributed by atoms with Crippen LogP contribution in [0.15, 0.2) is 44.2 Å². The van der Waals surface area contributed by atoms with Crippen molar-refractivity contribution < 1.29 is 18.7 Å². The van der Waals surface area contributed by atoms with Gasteiger partial charge in [-0.1, -0.05) is 15.9 Å². The summed E-state index contributed by atoms with van der Waals surface area (Å²) in [6.45, 7) is -0.327. The largest absolute Gasteiger partial charge is 0.482 e. The maximum atomic E-state index is 13.1. The van der Waals surface area contributed by atoms with Crippen molar-refractivity contribution in [2.45, 2.75) is 13.2 Å². The van der Waals surface area contributed by atoms with Crippen molar-refractivity contribution in [1.29, 1.82) is 0 Å². The molecule has 100 valence electrons. The van der Waals surface area contributed by atoms with Crippen molar-refractivity contribution >= 4 is 15.9 Å². The van der Waals surface area contributed by atoms with Crippen LogP contribution < -0.4 is 10.2 Å². The van der Waals surface area contributed by atoms with Crippen LogP contribution in [0.1, 0.15) is 11.3 Å². The van der Waals surface area contributed by atoms with Crippen LogP contribution in [0.25, 0.3) is 0 Å². The predicted octanol–water partition coefficient (Wildman–Crippen LogP) is 2.61. The maximum absolute atomic E-state index is 13.1. The van der Waals surface area contributed by atoms with E-state index in [4.69, 9.17) is 14.3 Å². The van der Waals surface area contributed by atoms with Gasteiger partial charge in [-0.3, -0.25) is 4.79 Å². The first-order valence-corrected chi connectivity index (χ1v) is 6.19. The first kappa shape index (κ1) is 13.8. The Hall–Kier alpha value is -1.66. The number of rotatable bonds is 4. The van der Waals surface area contributed by atoms with Gasteiger partial charge in [-0.05, 0) is 18.2 Å². The zero-order chi connectivity index (χ0) is 13.8. The van der Waals surface area contributed by atoms with Crippen LogP contribution in [-0.4, -0.2) is 5.11 Å². The second-order valence-corrected chi connectivity index (χ2v) is 4.61. The first-order valence-electron chi connectivity index (χ1n) is 5.39. The van der Waals surface area contributed by atoms with E-state index in [1.807, 2.05) is 0 Å². The fourth-order valence-electron chi connectivity index (χ4n) is 1.44. The summed E-state index contributed by atoms with van der Waals surface area (Å²) in [6.07, 6.45) is 1.13. The Kier molecular flexibility index (Phi) is 4.34. The van der Waals surface area contributed by atoms with Crippen molar-refractivity contribution in [3.63, 3.8) is 0 Å². The average molecular weight is 329 g/mol. The van der Waals surface area contributed by atoms with Crippen LogP contribution in [0.2, 0.25) is 0 Å². The number of benzene rings is 1. The Morgan fingerprint density at radius 3 is 2.84 bits per heavy atom. The second kappa shape index (κ2) is 5.99. The van der Waals surface area contributed by atoms with Crippen LogP contribution in [0, 0.1) is 5.82 Å². The van der Waals surface area contributed by atoms with Gasteiger partial charge in [0, 0.05) is 16.1 Å². The lowest BCUT2D eigenvalue weighted by molar-refractivity contribution is 0.236. The van der Waals surface area contributed by atoms with Crippen LogP contribution in [-0.2, 0) is 13.2 Å². The lowest BCUT2D eigenvalue weighted by Gasteiger charge is -2.07. The van der Waals surface area contributed by atoms with Gasteiger partial charge < -0.3 is 14.3 Å². The quantitative estimate of drug-likeness (QED) is 0.937. The molecule has 0 aliphatic heterocycles. The number of hydrogen-bond acceptors (Lipinski definition) is 4. The molecule has 1 N–H and O–H groups in total. The molecule has 0 aliphatic rings. The molecule has 4 nitrogen and oxygen atoms in total. The second-order valence-electron chi connectivity index (χ2n) is 3.76. The summed E-state index contributed by atoms with van der Waals surface area (Å²) in [7, 11) is 0. The Morgan fingerprint density at radius 2 is 2.16 bits per heavy atom. The standard InChI is InChI=1S/C13H10BrFO4/c14-11-2-1-9(15)3-8(11)6-19-13-7-18-10(5-16)4-12(13)17/h1-4,7,16H,5-6H2. The molecule has 0 atom stereocenters. The van der Waals surface area contributed by atoms with E-state index in [2.05, 4.69) is 15.9 Å². The third-order valence-electron chi connectivity index (χ3n) is 2.40. The zero-order valence-electron chi connectivity index (χ0n) is 9.73. The van der Waals surface area contributed by atoms with E-state index in [0.717, 1.165) is 12.3 Å². The van der Waals surface area contributed by atoms with Crippen molar-refractivity contribution in [2.24, 2.45) is 0 Å². The fraction of sp³-hybridized carbons (Fsp3) is 0.154. The number of aliphatic hydroxyl groups is 1. The molecular weight excluding hydrogens is 319 g/mol. The Morgan fingerprint density at radius 1 is 1.37 bits per heavy atom. The molecule has 6 heteroatoms. The highest BCUT2D eigenvalue weighted by molar-refractivity contribution is 9.10. The summed E-state index contributed by atoms with van der Waals surface area (Å²) in [5.41, 5.74) is 0.175. The van der Waals surface area contributed by atoms with Gasteiger partial charge in [0.1, 0.15) is 31.1 Å². The Bertz CT molecular complexity index is 639. The van der Waals surface area contributed by atoms with Crippen molar-refractivity contribution in [1.82, 2.24) is 0 Å². The number of halogens is 2. The zero-order valence-corrected chi connectivity index (χ0v) is 11.3. The number of ether oxygens (including phenoxy) is 1. The highest BCUT2D eigenvalue weighted by atomic mass is 79.9. The summed E-state index contributed by atoms with van der Waals surface area (Å²) >= 11 is 3.26. The van der Waals surface area contributed by atoms with E-state index < -0.39 is 5.43 Å². The minimum Gasteiger partial charge on any atom is -0.482 e. The molecular formula is C13H10BrFO4. The topological polar surface area (TPSA) is 59.7 Å². The highest BCUT2D eigenvalue weighted by Crippen LogP contribution is 2.19. The third-order valence-corrected chi connectivity index (χ3v) is 3.17. The van der Waals surface area contributed by atoms with Gasteiger partial charge >= 0.3 is 0 Å². The monoisotopic (exact) mass is 328 g/mol. The Labute approximate surface area is 116 Å². The molecule has 0 spiro atoms. The highest BCUT2D eigenvalue weighted by Gasteiger charge is 2.07. The summed E-state index contributed by atoms with van der Waals surface area (Å²) in [5, 5.41) is 8.81. The molecule has 2 rings (SSSR count). The smallest absolute Gasteiger partial charge is 0.227 e. The van der Waals surface area contributed by atoms with E-state index in [9.17, 15) is 9.18 Å². The van der Waals surface area contributed by atoms with Gasteiger partial charge in [0.15, 0.2) is 0 Å². The SMILES string of the molecule is O=c1cc(CO)occ1OCc1cc(F)ccc1Br. The lowest BCUT2D eigenvalue weighted by atomic mass is 10.2. The summed E-state index contributed by atoms with van der Waals surface area (Å²) in [5.74, 6) is -0.220. The molecule has 0 fully saturated rings. The van der Waals surface area contributed by atoms with Crippen LogP contribution in [0.4, 0.5) is 4.39 Å². The van der Waals surface area contributed by atoms with Crippen LogP contribution >= 0.6 is 15.9 Å². The van der Waals surface area contributed by atoms with Gasteiger partial charge in [-0.15, -0.1) is 0 Å². The summed E-state index contributed by atoms with van der Waals surface area (Å²) < 4.78 is 24.0. The normalized spacial score (nSPS) is 10.5. The minimum atomic E-state index is -0.400. The fourth-order valence-corrected chi connectivity index (χ4v) is 1.80. The maximum Gasteiger partial charge on any atom is 0.227 e. The molecule has 0 saturated heterocycles. The summed E-state index contributed by atoms with van der Waals surface area (Å²) in [4.78, 5) is 11.6. The van der Waals surface area contributed by atoms with Gasteiger partial charge in [-0.2, -0.15) is 0 Å². The minimum absolute atomic E-state index is 0.00774. The van der Waals surface area contributed by atoms with E-state index in [-0.39, 0.29) is 30.5 Å². The molecule has 0 radical (unpaired) electrons. The average Bonchev–Trinajstić information content (AvgIpc) is 2.40. The molecule has 19 heavy (non-hydrogen) atoms. The lowest BCUT2D eigenvalue weighted by Crippen LogP contribution is -2.08. The van der Waals surface area contributed by atoms with Gasteiger partial charge in [0.25, 0.3) is 0 Å². The van der Waals surface area contributed by atoms with E-state index >= 15 is 0 Å². The number of hydrogen-bond donors (Lipinski definition) is 1. The molecule has 1 aromatic carbocycles. The van der Waals surface area contributed by atoms with Crippen molar-refractivity contribution in [2.75, 3.05) is 0 Å². The molecule has 0 unspecified atom stereocenters. The van der Waals surface area contributed by atoms with Crippen molar-refractivity contribution in [3.05, 3.63) is 62.4 Å². The van der Waals surface area contributed by atoms with Crippen LogP contribution in [0.5, 0.6) is 5.75 Å². The number of aliphatic hydroxyl groups excluding tert-OH is 1. The third kappa shape index (κ3) is 3.42. The van der Waals surface area contributed by atoms with Crippen molar-refractivity contribution in [3.8, 4) is 5.75 Å². The predicted molar refractivity (Wildman–Crippen MR) is 69.3 cm³/mol. The molecule has 2 aromatic rings. The summed E-state index contributed by atoms with van der Waals surface area (Å²) in [6, 6.07) is 5.34. The van der Waals surface area contributed by atoms with E-state index in [1.165, 1.54) is 12.1 Å². The Balaban J connectivity index is 2.14. The molecule has 1 aromatic heterocycles. The molecule has 0 amide bonds. The first-order chi connectivity index (χ1) is 9.10. The molecule has 0 saturated carbocycles. The van der Waals surface area contributed by atoms with E-state index in [1.54, 1.807) is 6.07 Å². The molecule has 0 aliphatic carbocycles. The van der Waals surface area contributed by atoms with Gasteiger partial charge in [0.2, 0.25) is 11.2 Å². The van der Waals surface area contributed by atoms with Gasteiger partial charge in [-0.25, -0.2) is 4.39 Å². The molecule has 0 bridgehead atoms. The van der Waals surface area contributed by atoms with E-state index in [0.29, 0.717) is 10.0 Å². The van der Waals surface area contributed by atoms with Crippen LogP contribution in [0.3, 0.4) is 0 Å².